The van der Waals surface area contributed by atoms with Crippen LogP contribution in [-0.4, -0.2) is 6.61 Å². The van der Waals surface area contributed by atoms with Crippen molar-refractivity contribution in [2.45, 2.75) is 46.6 Å². The van der Waals surface area contributed by atoms with Crippen LogP contribution in [0.3, 0.4) is 0 Å². The largest absolute Gasteiger partial charge is 0.493 e. The predicted molar refractivity (Wildman–Crippen MR) is 77.9 cm³/mol. The molecule has 0 fully saturated rings. The lowest BCUT2D eigenvalue weighted by Crippen LogP contribution is -2.10. The van der Waals surface area contributed by atoms with Crippen LogP contribution in [0.15, 0.2) is 18.2 Å². The SMILES string of the molecule is Cc1cc([C@@H](C)N)ccc1OCCCC(C)(C)C#N. The van der Waals surface area contributed by atoms with Gasteiger partial charge in [-0.3, -0.25) is 0 Å². The molecule has 1 rings (SSSR count). The third kappa shape index (κ3) is 4.92. The predicted octanol–water partition coefficient (Wildman–Crippen LogP) is 3.72. The smallest absolute Gasteiger partial charge is 0.122 e. The number of benzene rings is 1. The first-order chi connectivity index (χ1) is 8.85. The summed E-state index contributed by atoms with van der Waals surface area (Å²) in [5.74, 6) is 0.902. The summed E-state index contributed by atoms with van der Waals surface area (Å²) in [6, 6.07) is 8.40. The van der Waals surface area contributed by atoms with Gasteiger partial charge in [0.15, 0.2) is 0 Å². The number of nitrogens with zero attached hydrogens (tertiary/aromatic N) is 1. The van der Waals surface area contributed by atoms with Crippen LogP contribution in [-0.2, 0) is 0 Å². The van der Waals surface area contributed by atoms with Gasteiger partial charge in [0.1, 0.15) is 5.75 Å². The van der Waals surface area contributed by atoms with Gasteiger partial charge in [-0.25, -0.2) is 0 Å². The molecule has 1 aromatic carbocycles. The van der Waals surface area contributed by atoms with Crippen molar-refractivity contribution >= 4 is 0 Å². The molecule has 1 atom stereocenters. The topological polar surface area (TPSA) is 59.0 Å². The van der Waals surface area contributed by atoms with Gasteiger partial charge in [-0.2, -0.15) is 5.26 Å². The van der Waals surface area contributed by atoms with Gasteiger partial charge in [-0.1, -0.05) is 12.1 Å². The van der Waals surface area contributed by atoms with Crippen LogP contribution in [0.2, 0.25) is 0 Å². The first kappa shape index (κ1) is 15.5. The van der Waals surface area contributed by atoms with Crippen molar-refractivity contribution in [1.82, 2.24) is 0 Å². The zero-order valence-corrected chi connectivity index (χ0v) is 12.4. The van der Waals surface area contributed by atoms with Gasteiger partial charge in [0.05, 0.1) is 18.1 Å². The van der Waals surface area contributed by atoms with Crippen LogP contribution in [0.25, 0.3) is 0 Å². The maximum atomic E-state index is 8.93. The molecule has 1 aromatic rings. The number of ether oxygens (including phenoxy) is 1. The molecule has 0 aliphatic carbocycles. The molecular formula is C16H24N2O. The molecular weight excluding hydrogens is 236 g/mol. The summed E-state index contributed by atoms with van der Waals surface area (Å²) in [4.78, 5) is 0. The minimum absolute atomic E-state index is 0.0455. The van der Waals surface area contributed by atoms with E-state index in [-0.39, 0.29) is 11.5 Å². The Balaban J connectivity index is 2.49. The van der Waals surface area contributed by atoms with Gasteiger partial charge < -0.3 is 10.5 Å². The molecule has 0 aromatic heterocycles. The Morgan fingerprint density at radius 3 is 2.63 bits per heavy atom. The van der Waals surface area contributed by atoms with Crippen molar-refractivity contribution in [1.29, 1.82) is 5.26 Å². The Kier molecular flexibility index (Phi) is 5.38. The van der Waals surface area contributed by atoms with E-state index in [2.05, 4.69) is 12.1 Å². The molecule has 0 saturated carbocycles. The summed E-state index contributed by atoms with van der Waals surface area (Å²) < 4.78 is 5.76. The summed E-state index contributed by atoms with van der Waals surface area (Å²) in [5.41, 5.74) is 7.81. The van der Waals surface area contributed by atoms with Crippen LogP contribution in [0.4, 0.5) is 0 Å². The summed E-state index contributed by atoms with van der Waals surface area (Å²) in [6.07, 6.45) is 1.73. The van der Waals surface area contributed by atoms with Gasteiger partial charge >= 0.3 is 0 Å². The fourth-order valence-corrected chi connectivity index (χ4v) is 1.87. The van der Waals surface area contributed by atoms with E-state index in [0.717, 1.165) is 29.7 Å². The lowest BCUT2D eigenvalue weighted by Gasteiger charge is -2.16. The van der Waals surface area contributed by atoms with E-state index in [9.17, 15) is 0 Å². The van der Waals surface area contributed by atoms with Crippen LogP contribution < -0.4 is 10.5 Å². The molecule has 0 heterocycles. The lowest BCUT2D eigenvalue weighted by molar-refractivity contribution is 0.282. The second kappa shape index (κ2) is 6.58. The Labute approximate surface area is 116 Å². The van der Waals surface area contributed by atoms with Crippen molar-refractivity contribution in [2.24, 2.45) is 11.1 Å². The van der Waals surface area contributed by atoms with Crippen molar-refractivity contribution in [2.75, 3.05) is 6.61 Å². The molecule has 3 heteroatoms. The van der Waals surface area contributed by atoms with Crippen LogP contribution in [0, 0.1) is 23.7 Å². The van der Waals surface area contributed by atoms with Crippen molar-refractivity contribution in [3.05, 3.63) is 29.3 Å². The van der Waals surface area contributed by atoms with E-state index in [4.69, 9.17) is 15.7 Å². The Hall–Kier alpha value is -1.53. The second-order valence-corrected chi connectivity index (χ2v) is 5.76. The van der Waals surface area contributed by atoms with Gasteiger partial charge in [0, 0.05) is 6.04 Å². The quantitative estimate of drug-likeness (QED) is 0.793. The first-order valence-corrected chi connectivity index (χ1v) is 6.76. The standard InChI is InChI=1S/C16H24N2O/c1-12-10-14(13(2)18)6-7-15(12)19-9-5-8-16(3,4)11-17/h6-7,10,13H,5,8-9,18H2,1-4H3/t13-/m1/s1. The van der Waals surface area contributed by atoms with E-state index >= 15 is 0 Å². The zero-order chi connectivity index (χ0) is 14.5. The van der Waals surface area contributed by atoms with Gasteiger partial charge in [-0.15, -0.1) is 0 Å². The summed E-state index contributed by atoms with van der Waals surface area (Å²) in [7, 11) is 0. The fraction of sp³-hybridized carbons (Fsp3) is 0.562. The molecule has 0 amide bonds. The molecule has 0 unspecified atom stereocenters. The normalized spacial score (nSPS) is 12.8. The van der Waals surface area contributed by atoms with E-state index in [0.29, 0.717) is 6.61 Å². The minimum atomic E-state index is -0.267. The molecule has 0 aliphatic heterocycles. The number of nitrogens with two attached hydrogens (primary N) is 1. The van der Waals surface area contributed by atoms with Crippen LogP contribution in [0.5, 0.6) is 5.75 Å². The molecule has 104 valence electrons. The molecule has 0 spiro atoms. The highest BCUT2D eigenvalue weighted by molar-refractivity contribution is 5.37. The highest BCUT2D eigenvalue weighted by Crippen LogP contribution is 2.24. The Morgan fingerprint density at radius 1 is 1.42 bits per heavy atom. The highest BCUT2D eigenvalue weighted by Gasteiger charge is 2.15. The summed E-state index contributed by atoms with van der Waals surface area (Å²) >= 11 is 0. The molecule has 2 N–H and O–H groups in total. The number of hydrogen-bond donors (Lipinski definition) is 1. The third-order valence-electron chi connectivity index (χ3n) is 3.23. The van der Waals surface area contributed by atoms with Crippen LogP contribution >= 0.6 is 0 Å². The average Bonchev–Trinajstić information content (AvgIpc) is 2.36. The molecule has 0 saturated heterocycles. The summed E-state index contributed by atoms with van der Waals surface area (Å²) in [6.45, 7) is 8.55. The molecule has 0 aliphatic rings. The van der Waals surface area contributed by atoms with Gasteiger partial charge in [-0.05, 0) is 57.7 Å². The van der Waals surface area contributed by atoms with E-state index in [1.165, 1.54) is 0 Å². The monoisotopic (exact) mass is 260 g/mol. The van der Waals surface area contributed by atoms with Crippen molar-refractivity contribution in [3.63, 3.8) is 0 Å². The number of aryl methyl sites for hydroxylation is 1. The average molecular weight is 260 g/mol. The maximum Gasteiger partial charge on any atom is 0.122 e. The highest BCUT2D eigenvalue weighted by atomic mass is 16.5. The summed E-state index contributed by atoms with van der Waals surface area (Å²) in [5, 5.41) is 8.93. The number of rotatable bonds is 6. The first-order valence-electron chi connectivity index (χ1n) is 6.76. The zero-order valence-electron chi connectivity index (χ0n) is 12.4. The van der Waals surface area contributed by atoms with E-state index in [1.807, 2.05) is 39.8 Å². The number of hydrogen-bond acceptors (Lipinski definition) is 3. The maximum absolute atomic E-state index is 8.93. The molecule has 19 heavy (non-hydrogen) atoms. The Morgan fingerprint density at radius 2 is 2.11 bits per heavy atom. The molecule has 3 nitrogen and oxygen atoms in total. The van der Waals surface area contributed by atoms with E-state index < -0.39 is 0 Å². The minimum Gasteiger partial charge on any atom is -0.493 e. The Bertz CT molecular complexity index is 458. The van der Waals surface area contributed by atoms with Gasteiger partial charge in [0.2, 0.25) is 0 Å². The fourth-order valence-electron chi connectivity index (χ4n) is 1.87. The van der Waals surface area contributed by atoms with Crippen LogP contribution in [0.1, 0.15) is 50.8 Å². The lowest BCUT2D eigenvalue weighted by atomic mass is 9.90. The number of nitriles is 1. The molecule has 0 bridgehead atoms. The third-order valence-corrected chi connectivity index (χ3v) is 3.23. The second-order valence-electron chi connectivity index (χ2n) is 5.76. The van der Waals surface area contributed by atoms with E-state index in [1.54, 1.807) is 0 Å². The molecule has 0 radical (unpaired) electrons. The van der Waals surface area contributed by atoms with Crippen molar-refractivity contribution in [3.8, 4) is 11.8 Å². The van der Waals surface area contributed by atoms with Crippen molar-refractivity contribution < 1.29 is 4.74 Å². The van der Waals surface area contributed by atoms with Gasteiger partial charge in [0.25, 0.3) is 0 Å².